The molecule has 3 rings (SSSR count). The van der Waals surface area contributed by atoms with Crippen LogP contribution in [0.25, 0.3) is 0 Å². The van der Waals surface area contributed by atoms with E-state index in [4.69, 9.17) is 4.42 Å². The molecule has 0 aliphatic carbocycles. The van der Waals surface area contributed by atoms with Crippen LogP contribution in [0.5, 0.6) is 0 Å². The Balaban J connectivity index is 1.77. The van der Waals surface area contributed by atoms with Crippen LogP contribution in [-0.2, 0) is 6.54 Å². The van der Waals surface area contributed by atoms with Crippen LogP contribution < -0.4 is 10.6 Å². The van der Waals surface area contributed by atoms with E-state index in [1.807, 2.05) is 36.4 Å². The summed E-state index contributed by atoms with van der Waals surface area (Å²) in [6, 6.07) is 13.1. The van der Waals surface area contributed by atoms with E-state index in [0.29, 0.717) is 29.8 Å². The number of hydrogen-bond donors (Lipinski definition) is 2. The highest BCUT2D eigenvalue weighted by Crippen LogP contribution is 2.24. The number of aromatic nitrogens is 2. The van der Waals surface area contributed by atoms with Gasteiger partial charge in [-0.05, 0) is 36.6 Å². The second kappa shape index (κ2) is 7.82. The zero-order chi connectivity index (χ0) is 18.5. The maximum absolute atomic E-state index is 12.7. The summed E-state index contributed by atoms with van der Waals surface area (Å²) >= 11 is 0. The Morgan fingerprint density at radius 2 is 1.96 bits per heavy atom. The summed E-state index contributed by atoms with van der Waals surface area (Å²) in [6.07, 6.45) is 1.62. The van der Waals surface area contributed by atoms with Crippen molar-refractivity contribution in [2.75, 3.05) is 10.6 Å². The molecular formula is C20H22N4O2. The van der Waals surface area contributed by atoms with E-state index in [-0.39, 0.29) is 5.91 Å². The van der Waals surface area contributed by atoms with E-state index in [1.54, 1.807) is 19.3 Å². The van der Waals surface area contributed by atoms with Crippen LogP contribution in [0.4, 0.5) is 11.5 Å². The van der Waals surface area contributed by atoms with Crippen LogP contribution in [0.1, 0.15) is 47.4 Å². The van der Waals surface area contributed by atoms with Crippen molar-refractivity contribution in [2.45, 2.75) is 33.2 Å². The normalized spacial score (nSPS) is 10.8. The third-order valence-electron chi connectivity index (χ3n) is 3.93. The lowest BCUT2D eigenvalue weighted by Gasteiger charge is -2.14. The van der Waals surface area contributed by atoms with Crippen molar-refractivity contribution < 1.29 is 9.21 Å². The molecule has 6 nitrogen and oxygen atoms in total. The van der Waals surface area contributed by atoms with Crippen LogP contribution in [0.3, 0.4) is 0 Å². The molecule has 0 unspecified atom stereocenters. The van der Waals surface area contributed by atoms with Gasteiger partial charge < -0.3 is 15.1 Å². The van der Waals surface area contributed by atoms with Crippen LogP contribution in [0.2, 0.25) is 0 Å². The summed E-state index contributed by atoms with van der Waals surface area (Å²) in [5.41, 5.74) is 2.20. The molecule has 0 fully saturated rings. The summed E-state index contributed by atoms with van der Waals surface area (Å²) in [5.74, 6) is 1.94. The van der Waals surface area contributed by atoms with E-state index in [1.165, 1.54) is 0 Å². The Morgan fingerprint density at radius 1 is 1.15 bits per heavy atom. The number of benzene rings is 1. The molecular weight excluding hydrogens is 328 g/mol. The first kappa shape index (κ1) is 17.7. The van der Waals surface area contributed by atoms with E-state index in [9.17, 15) is 4.79 Å². The lowest BCUT2D eigenvalue weighted by molar-refractivity contribution is 0.102. The number of rotatable bonds is 6. The maximum Gasteiger partial charge on any atom is 0.274 e. The molecule has 0 saturated heterocycles. The molecule has 1 amide bonds. The molecule has 0 atom stereocenters. The lowest BCUT2D eigenvalue weighted by atomic mass is 10.0. The minimum absolute atomic E-state index is 0.260. The minimum Gasteiger partial charge on any atom is -0.467 e. The smallest absolute Gasteiger partial charge is 0.274 e. The van der Waals surface area contributed by atoms with Crippen molar-refractivity contribution >= 4 is 17.4 Å². The predicted molar refractivity (Wildman–Crippen MR) is 101 cm³/mol. The molecule has 0 spiro atoms. The second-order valence-electron chi connectivity index (χ2n) is 6.31. The highest BCUT2D eigenvalue weighted by Gasteiger charge is 2.14. The topological polar surface area (TPSA) is 80.0 Å². The van der Waals surface area contributed by atoms with Gasteiger partial charge in [-0.1, -0.05) is 32.0 Å². The van der Waals surface area contributed by atoms with E-state index in [2.05, 4.69) is 34.4 Å². The zero-order valence-corrected chi connectivity index (χ0v) is 15.1. The Bertz CT molecular complexity index is 889. The molecule has 134 valence electrons. The maximum atomic E-state index is 12.7. The first-order valence-corrected chi connectivity index (χ1v) is 8.55. The number of anilines is 2. The molecule has 2 aromatic heterocycles. The summed E-state index contributed by atoms with van der Waals surface area (Å²) in [4.78, 5) is 21.3. The van der Waals surface area contributed by atoms with Gasteiger partial charge in [0, 0.05) is 11.8 Å². The van der Waals surface area contributed by atoms with E-state index >= 15 is 0 Å². The standard InChI is InChI=1S/C20H22N4O2/c1-13(2)16-8-4-5-9-17(16)24-20(25)18-11-19(23-14(3)22-18)21-12-15-7-6-10-26-15/h4-11,13H,12H2,1-3H3,(H,24,25)(H,21,22,23). The van der Waals surface area contributed by atoms with Gasteiger partial charge in [0.25, 0.3) is 5.91 Å². The van der Waals surface area contributed by atoms with Crippen LogP contribution in [-0.4, -0.2) is 15.9 Å². The number of aryl methyl sites for hydroxylation is 1. The van der Waals surface area contributed by atoms with Crippen molar-refractivity contribution in [1.82, 2.24) is 9.97 Å². The Kier molecular flexibility index (Phi) is 5.31. The molecule has 1 aromatic carbocycles. The molecule has 6 heteroatoms. The van der Waals surface area contributed by atoms with Gasteiger partial charge in [-0.15, -0.1) is 0 Å². The molecule has 0 aliphatic heterocycles. The first-order chi connectivity index (χ1) is 12.5. The molecule has 2 N–H and O–H groups in total. The van der Waals surface area contributed by atoms with Gasteiger partial charge in [0.2, 0.25) is 0 Å². The molecule has 0 bridgehead atoms. The fourth-order valence-corrected chi connectivity index (χ4v) is 2.67. The molecule has 0 radical (unpaired) electrons. The number of amides is 1. The number of carbonyl (C=O) groups excluding carboxylic acids is 1. The van der Waals surface area contributed by atoms with Gasteiger partial charge in [-0.3, -0.25) is 4.79 Å². The molecule has 0 saturated carbocycles. The summed E-state index contributed by atoms with van der Waals surface area (Å²) in [6.45, 7) is 6.44. The highest BCUT2D eigenvalue weighted by atomic mass is 16.3. The Morgan fingerprint density at radius 3 is 2.69 bits per heavy atom. The molecule has 2 heterocycles. The third-order valence-corrected chi connectivity index (χ3v) is 3.93. The van der Waals surface area contributed by atoms with Gasteiger partial charge >= 0.3 is 0 Å². The van der Waals surface area contributed by atoms with Crippen LogP contribution in [0, 0.1) is 6.92 Å². The SMILES string of the molecule is Cc1nc(NCc2ccco2)cc(C(=O)Nc2ccccc2C(C)C)n1. The molecule has 3 aromatic rings. The van der Waals surface area contributed by atoms with Gasteiger partial charge in [0.15, 0.2) is 0 Å². The Labute approximate surface area is 152 Å². The number of nitrogens with zero attached hydrogens (tertiary/aromatic N) is 2. The fourth-order valence-electron chi connectivity index (χ4n) is 2.67. The van der Waals surface area contributed by atoms with E-state index < -0.39 is 0 Å². The van der Waals surface area contributed by atoms with E-state index in [0.717, 1.165) is 17.0 Å². The average molecular weight is 350 g/mol. The third kappa shape index (κ3) is 4.27. The number of carbonyl (C=O) groups is 1. The lowest BCUT2D eigenvalue weighted by Crippen LogP contribution is -2.17. The van der Waals surface area contributed by atoms with Gasteiger partial charge in [0.1, 0.15) is 23.1 Å². The number of para-hydroxylation sites is 1. The summed E-state index contributed by atoms with van der Waals surface area (Å²) in [7, 11) is 0. The van der Waals surface area contributed by atoms with Gasteiger partial charge in [-0.25, -0.2) is 9.97 Å². The van der Waals surface area contributed by atoms with Crippen molar-refractivity contribution in [3.05, 3.63) is 71.6 Å². The molecule has 26 heavy (non-hydrogen) atoms. The fraction of sp³-hybridized carbons (Fsp3) is 0.250. The monoisotopic (exact) mass is 350 g/mol. The minimum atomic E-state index is -0.260. The summed E-state index contributed by atoms with van der Waals surface area (Å²) < 4.78 is 5.29. The van der Waals surface area contributed by atoms with Crippen molar-refractivity contribution in [3.63, 3.8) is 0 Å². The highest BCUT2D eigenvalue weighted by molar-refractivity contribution is 6.03. The number of furan rings is 1. The van der Waals surface area contributed by atoms with Gasteiger partial charge in [0.05, 0.1) is 12.8 Å². The largest absolute Gasteiger partial charge is 0.467 e. The molecule has 0 aliphatic rings. The number of hydrogen-bond acceptors (Lipinski definition) is 5. The van der Waals surface area contributed by atoms with Crippen molar-refractivity contribution in [2.24, 2.45) is 0 Å². The summed E-state index contributed by atoms with van der Waals surface area (Å²) in [5, 5.41) is 6.11. The van der Waals surface area contributed by atoms with Crippen molar-refractivity contribution in [3.8, 4) is 0 Å². The zero-order valence-electron chi connectivity index (χ0n) is 15.1. The second-order valence-corrected chi connectivity index (χ2v) is 6.31. The first-order valence-electron chi connectivity index (χ1n) is 8.55. The average Bonchev–Trinajstić information content (AvgIpc) is 3.13. The van der Waals surface area contributed by atoms with Crippen LogP contribution >= 0.6 is 0 Å². The quantitative estimate of drug-likeness (QED) is 0.690. The Hall–Kier alpha value is -3.15. The van der Waals surface area contributed by atoms with Crippen LogP contribution in [0.15, 0.2) is 53.1 Å². The predicted octanol–water partition coefficient (Wildman–Crippen LogP) is 4.37. The van der Waals surface area contributed by atoms with Gasteiger partial charge in [-0.2, -0.15) is 0 Å². The van der Waals surface area contributed by atoms with Crippen molar-refractivity contribution in [1.29, 1.82) is 0 Å². The number of nitrogens with one attached hydrogen (secondary N) is 2.